The lowest BCUT2D eigenvalue weighted by Gasteiger charge is -2.39. The van der Waals surface area contributed by atoms with E-state index in [2.05, 4.69) is 16.8 Å². The highest BCUT2D eigenvalue weighted by atomic mass is 15.2. The Kier molecular flexibility index (Phi) is 5.26. The minimum Gasteiger partial charge on any atom is -0.330 e. The van der Waals surface area contributed by atoms with Crippen LogP contribution in [0.1, 0.15) is 44.9 Å². The predicted molar refractivity (Wildman–Crippen MR) is 73.2 cm³/mol. The van der Waals surface area contributed by atoms with E-state index in [0.29, 0.717) is 6.04 Å². The first-order valence-electron chi connectivity index (χ1n) is 7.45. The Balaban J connectivity index is 1.98. The van der Waals surface area contributed by atoms with E-state index in [-0.39, 0.29) is 0 Å². The molecule has 1 saturated carbocycles. The van der Waals surface area contributed by atoms with E-state index in [1.807, 2.05) is 0 Å². The maximum Gasteiger partial charge on any atom is 0.0237 e. The molecule has 3 nitrogen and oxygen atoms in total. The molecule has 0 aromatic carbocycles. The average Bonchev–Trinajstić information content (AvgIpc) is 2.52. The second kappa shape index (κ2) is 6.72. The molecule has 1 heterocycles. The van der Waals surface area contributed by atoms with Crippen LogP contribution < -0.4 is 5.73 Å². The summed E-state index contributed by atoms with van der Waals surface area (Å²) in [5, 5.41) is 0. The van der Waals surface area contributed by atoms with E-state index in [4.69, 9.17) is 5.73 Å². The lowest BCUT2D eigenvalue weighted by atomic mass is 9.92. The fourth-order valence-corrected chi connectivity index (χ4v) is 3.60. The number of rotatable bonds is 3. The summed E-state index contributed by atoms with van der Waals surface area (Å²) in [4.78, 5) is 5.29. The van der Waals surface area contributed by atoms with Gasteiger partial charge in [0, 0.05) is 18.6 Å². The van der Waals surface area contributed by atoms with Crippen molar-refractivity contribution < 1.29 is 0 Å². The van der Waals surface area contributed by atoms with Crippen molar-refractivity contribution in [2.75, 3.05) is 33.2 Å². The maximum atomic E-state index is 5.80. The molecular formula is C14H29N3. The molecule has 0 aromatic heterocycles. The van der Waals surface area contributed by atoms with Crippen LogP contribution >= 0.6 is 0 Å². The van der Waals surface area contributed by atoms with E-state index in [1.54, 1.807) is 0 Å². The van der Waals surface area contributed by atoms with Crippen LogP contribution in [0.3, 0.4) is 0 Å². The van der Waals surface area contributed by atoms with Gasteiger partial charge in [0.05, 0.1) is 0 Å². The van der Waals surface area contributed by atoms with Gasteiger partial charge < -0.3 is 10.6 Å². The molecule has 2 N–H and O–H groups in total. The predicted octanol–water partition coefficient (Wildman–Crippen LogP) is 1.67. The summed E-state index contributed by atoms with van der Waals surface area (Å²) in [6.07, 6.45) is 9.66. The van der Waals surface area contributed by atoms with Crippen LogP contribution in [0.5, 0.6) is 0 Å². The zero-order valence-corrected chi connectivity index (χ0v) is 11.4. The standard InChI is InChI=1S/C14H29N3/c1-16-10-5-11-17(14(12-16)8-9-15)13-6-3-2-4-7-13/h13-14H,2-12,15H2,1H3. The van der Waals surface area contributed by atoms with E-state index in [9.17, 15) is 0 Å². The first-order chi connectivity index (χ1) is 8.31. The Morgan fingerprint density at radius 1 is 1.06 bits per heavy atom. The second-order valence-electron chi connectivity index (χ2n) is 5.88. The summed E-state index contributed by atoms with van der Waals surface area (Å²) in [5.41, 5.74) is 5.80. The van der Waals surface area contributed by atoms with Crippen LogP contribution in [0, 0.1) is 0 Å². The van der Waals surface area contributed by atoms with Crippen molar-refractivity contribution >= 4 is 0 Å². The summed E-state index contributed by atoms with van der Waals surface area (Å²) in [6.45, 7) is 4.60. The smallest absolute Gasteiger partial charge is 0.0237 e. The molecule has 2 rings (SSSR count). The first kappa shape index (κ1) is 13.3. The third-order valence-corrected chi connectivity index (χ3v) is 4.49. The summed E-state index contributed by atoms with van der Waals surface area (Å²) in [6, 6.07) is 1.56. The molecule has 2 aliphatic rings. The molecule has 100 valence electrons. The molecule has 1 aliphatic heterocycles. The van der Waals surface area contributed by atoms with Crippen LogP contribution in [0.15, 0.2) is 0 Å². The highest BCUT2D eigenvalue weighted by molar-refractivity contribution is 4.85. The Hall–Kier alpha value is -0.120. The van der Waals surface area contributed by atoms with Gasteiger partial charge in [0.25, 0.3) is 0 Å². The zero-order valence-electron chi connectivity index (χ0n) is 11.4. The molecule has 3 heteroatoms. The van der Waals surface area contributed by atoms with Gasteiger partial charge >= 0.3 is 0 Å². The van der Waals surface area contributed by atoms with Crippen LogP contribution in [0.25, 0.3) is 0 Å². The third-order valence-electron chi connectivity index (χ3n) is 4.49. The van der Waals surface area contributed by atoms with E-state index in [0.717, 1.165) is 12.6 Å². The minimum atomic E-state index is 0.704. The Labute approximate surface area is 106 Å². The second-order valence-corrected chi connectivity index (χ2v) is 5.88. The molecule has 1 aliphatic carbocycles. The Morgan fingerprint density at radius 3 is 2.53 bits per heavy atom. The van der Waals surface area contributed by atoms with Gasteiger partial charge in [-0.2, -0.15) is 0 Å². The van der Waals surface area contributed by atoms with Crippen LogP contribution in [0.4, 0.5) is 0 Å². The SMILES string of the molecule is CN1CCCN(C2CCCCC2)C(CCN)C1. The Bertz CT molecular complexity index is 214. The number of hydrogen-bond acceptors (Lipinski definition) is 3. The van der Waals surface area contributed by atoms with E-state index < -0.39 is 0 Å². The van der Waals surface area contributed by atoms with Crippen molar-refractivity contribution in [2.45, 2.75) is 57.0 Å². The van der Waals surface area contributed by atoms with Crippen LogP contribution in [0.2, 0.25) is 0 Å². The highest BCUT2D eigenvalue weighted by Gasteiger charge is 2.29. The van der Waals surface area contributed by atoms with Gasteiger partial charge in [0.15, 0.2) is 0 Å². The molecular weight excluding hydrogens is 210 g/mol. The summed E-state index contributed by atoms with van der Waals surface area (Å²) in [7, 11) is 2.26. The molecule has 0 radical (unpaired) electrons. The van der Waals surface area contributed by atoms with Gasteiger partial charge in [0.2, 0.25) is 0 Å². The highest BCUT2D eigenvalue weighted by Crippen LogP contribution is 2.26. The average molecular weight is 239 g/mol. The maximum absolute atomic E-state index is 5.80. The normalized spacial score (nSPS) is 30.4. The quantitative estimate of drug-likeness (QED) is 0.813. The van der Waals surface area contributed by atoms with Crippen molar-refractivity contribution in [1.82, 2.24) is 9.80 Å². The summed E-state index contributed by atoms with van der Waals surface area (Å²) in [5.74, 6) is 0. The molecule has 0 spiro atoms. The molecule has 1 atom stereocenters. The van der Waals surface area contributed by atoms with Gasteiger partial charge in [-0.05, 0) is 52.4 Å². The summed E-state index contributed by atoms with van der Waals surface area (Å²) >= 11 is 0. The molecule has 0 amide bonds. The van der Waals surface area contributed by atoms with Crippen LogP contribution in [-0.2, 0) is 0 Å². The molecule has 2 fully saturated rings. The minimum absolute atomic E-state index is 0.704. The molecule has 0 aromatic rings. The van der Waals surface area contributed by atoms with Gasteiger partial charge in [-0.25, -0.2) is 0 Å². The summed E-state index contributed by atoms with van der Waals surface area (Å²) < 4.78 is 0. The van der Waals surface area contributed by atoms with Gasteiger partial charge in [-0.3, -0.25) is 4.90 Å². The monoisotopic (exact) mass is 239 g/mol. The van der Waals surface area contributed by atoms with Crippen molar-refractivity contribution in [3.63, 3.8) is 0 Å². The van der Waals surface area contributed by atoms with Crippen LogP contribution in [-0.4, -0.2) is 55.1 Å². The fraction of sp³-hybridized carbons (Fsp3) is 1.00. The fourth-order valence-electron chi connectivity index (χ4n) is 3.60. The van der Waals surface area contributed by atoms with E-state index in [1.165, 1.54) is 64.6 Å². The molecule has 17 heavy (non-hydrogen) atoms. The Morgan fingerprint density at radius 2 is 1.82 bits per heavy atom. The lowest BCUT2D eigenvalue weighted by molar-refractivity contribution is 0.0997. The molecule has 0 bridgehead atoms. The number of likely N-dealkylation sites (N-methyl/N-ethyl adjacent to an activating group) is 1. The van der Waals surface area contributed by atoms with Gasteiger partial charge in [-0.15, -0.1) is 0 Å². The van der Waals surface area contributed by atoms with Crippen molar-refractivity contribution in [2.24, 2.45) is 5.73 Å². The van der Waals surface area contributed by atoms with Crippen molar-refractivity contribution in [3.8, 4) is 0 Å². The lowest BCUT2D eigenvalue weighted by Crippen LogP contribution is -2.47. The van der Waals surface area contributed by atoms with Crippen molar-refractivity contribution in [3.05, 3.63) is 0 Å². The topological polar surface area (TPSA) is 32.5 Å². The number of hydrogen-bond donors (Lipinski definition) is 1. The largest absolute Gasteiger partial charge is 0.330 e. The first-order valence-corrected chi connectivity index (χ1v) is 7.45. The molecule has 1 saturated heterocycles. The van der Waals surface area contributed by atoms with Crippen molar-refractivity contribution in [1.29, 1.82) is 0 Å². The number of nitrogens with zero attached hydrogens (tertiary/aromatic N) is 2. The third kappa shape index (κ3) is 3.67. The zero-order chi connectivity index (χ0) is 12.1. The van der Waals surface area contributed by atoms with Gasteiger partial charge in [0.1, 0.15) is 0 Å². The van der Waals surface area contributed by atoms with E-state index >= 15 is 0 Å². The van der Waals surface area contributed by atoms with Gasteiger partial charge in [-0.1, -0.05) is 19.3 Å². The number of nitrogens with two attached hydrogens (primary N) is 1. The molecule has 1 unspecified atom stereocenters.